The van der Waals surface area contributed by atoms with Crippen LogP contribution < -0.4 is 10.0 Å². The lowest BCUT2D eigenvalue weighted by atomic mass is 10.1. The fraction of sp³-hybridized carbons (Fsp3) is 0.250. The molecule has 1 amide bonds. The van der Waals surface area contributed by atoms with E-state index in [4.69, 9.17) is 4.74 Å². The number of nitrogens with one attached hydrogen (secondary N) is 2. The van der Waals surface area contributed by atoms with Crippen molar-refractivity contribution in [1.82, 2.24) is 4.72 Å². The fourth-order valence-electron chi connectivity index (χ4n) is 2.32. The number of ketones is 1. The highest BCUT2D eigenvalue weighted by molar-refractivity contribution is 7.89. The van der Waals surface area contributed by atoms with Gasteiger partial charge in [0.05, 0.1) is 11.3 Å². The maximum atomic E-state index is 12.1. The largest absolute Gasteiger partial charge is 0.456 e. The molecule has 0 radical (unpaired) electrons. The van der Waals surface area contributed by atoms with E-state index >= 15 is 0 Å². The number of amides is 1. The SMILES string of the molecule is CC(=O)c1cccc(NC(=O)COC(=O)CCNS(=O)(=O)c2ccc(C)cc2)c1. The molecule has 0 aliphatic rings. The van der Waals surface area contributed by atoms with Crippen molar-refractivity contribution in [3.05, 3.63) is 59.7 Å². The zero-order valence-corrected chi connectivity index (χ0v) is 16.9. The summed E-state index contributed by atoms with van der Waals surface area (Å²) in [7, 11) is -3.72. The zero-order valence-electron chi connectivity index (χ0n) is 16.1. The van der Waals surface area contributed by atoms with E-state index in [1.807, 2.05) is 6.92 Å². The number of benzene rings is 2. The van der Waals surface area contributed by atoms with Gasteiger partial charge in [-0.05, 0) is 38.1 Å². The number of carbonyl (C=O) groups is 3. The molecule has 0 unspecified atom stereocenters. The van der Waals surface area contributed by atoms with Crippen LogP contribution in [0.15, 0.2) is 53.4 Å². The van der Waals surface area contributed by atoms with Crippen LogP contribution in [-0.4, -0.2) is 39.2 Å². The van der Waals surface area contributed by atoms with Gasteiger partial charge in [-0.3, -0.25) is 14.4 Å². The maximum absolute atomic E-state index is 12.1. The third kappa shape index (κ3) is 7.13. The summed E-state index contributed by atoms with van der Waals surface area (Å²) in [4.78, 5) is 35.0. The number of esters is 1. The molecular weight excluding hydrogens is 396 g/mol. The van der Waals surface area contributed by atoms with Crippen LogP contribution in [0.4, 0.5) is 5.69 Å². The van der Waals surface area contributed by atoms with Crippen molar-refractivity contribution >= 4 is 33.4 Å². The lowest BCUT2D eigenvalue weighted by Gasteiger charge is -2.09. The number of carbonyl (C=O) groups excluding carboxylic acids is 3. The Labute approximate surface area is 169 Å². The molecule has 0 saturated heterocycles. The standard InChI is InChI=1S/C20H22N2O6S/c1-14-6-8-18(9-7-14)29(26,27)21-11-10-20(25)28-13-19(24)22-17-5-3-4-16(12-17)15(2)23/h3-9,12,21H,10-11,13H2,1-2H3,(H,22,24). The molecule has 0 bridgehead atoms. The molecule has 0 saturated carbocycles. The Kier molecular flexibility index (Phi) is 7.63. The fourth-order valence-corrected chi connectivity index (χ4v) is 3.35. The molecular formula is C20H22N2O6S. The van der Waals surface area contributed by atoms with Gasteiger partial charge in [-0.1, -0.05) is 29.8 Å². The van der Waals surface area contributed by atoms with Gasteiger partial charge in [-0.15, -0.1) is 0 Å². The number of hydrogen-bond acceptors (Lipinski definition) is 6. The van der Waals surface area contributed by atoms with Gasteiger partial charge in [-0.25, -0.2) is 13.1 Å². The summed E-state index contributed by atoms with van der Waals surface area (Å²) in [6.07, 6.45) is -0.224. The second-order valence-electron chi connectivity index (χ2n) is 6.31. The van der Waals surface area contributed by atoms with Gasteiger partial charge in [0, 0.05) is 17.8 Å². The lowest BCUT2D eigenvalue weighted by molar-refractivity contribution is -0.147. The van der Waals surface area contributed by atoms with Gasteiger partial charge in [0.2, 0.25) is 10.0 Å². The van der Waals surface area contributed by atoms with Crippen molar-refractivity contribution in [2.75, 3.05) is 18.5 Å². The van der Waals surface area contributed by atoms with Crippen LogP contribution in [0, 0.1) is 6.92 Å². The van der Waals surface area contributed by atoms with Crippen LogP contribution in [0.25, 0.3) is 0 Å². The van der Waals surface area contributed by atoms with Crippen molar-refractivity contribution in [2.45, 2.75) is 25.2 Å². The second-order valence-corrected chi connectivity index (χ2v) is 8.07. The first-order valence-corrected chi connectivity index (χ1v) is 10.3. The monoisotopic (exact) mass is 418 g/mol. The minimum Gasteiger partial charge on any atom is -0.456 e. The summed E-state index contributed by atoms with van der Waals surface area (Å²) >= 11 is 0. The molecule has 2 rings (SSSR count). The summed E-state index contributed by atoms with van der Waals surface area (Å²) in [5.74, 6) is -1.43. The molecule has 2 aromatic rings. The topological polar surface area (TPSA) is 119 Å². The van der Waals surface area contributed by atoms with E-state index in [-0.39, 0.29) is 23.6 Å². The normalized spacial score (nSPS) is 11.0. The number of hydrogen-bond donors (Lipinski definition) is 2. The molecule has 29 heavy (non-hydrogen) atoms. The van der Waals surface area contributed by atoms with Crippen molar-refractivity contribution in [2.24, 2.45) is 0 Å². The number of rotatable bonds is 9. The van der Waals surface area contributed by atoms with Gasteiger partial charge >= 0.3 is 5.97 Å². The smallest absolute Gasteiger partial charge is 0.307 e. The molecule has 2 N–H and O–H groups in total. The van der Waals surface area contributed by atoms with E-state index in [0.717, 1.165) is 5.56 Å². The number of aryl methyl sites for hydroxylation is 1. The Balaban J connectivity index is 1.75. The molecule has 0 heterocycles. The second kappa shape index (κ2) is 9.94. The molecule has 0 aliphatic carbocycles. The van der Waals surface area contributed by atoms with Crippen molar-refractivity contribution in [1.29, 1.82) is 0 Å². The summed E-state index contributed by atoms with van der Waals surface area (Å²) in [6, 6.07) is 12.7. The number of ether oxygens (including phenoxy) is 1. The van der Waals surface area contributed by atoms with Gasteiger partial charge in [0.1, 0.15) is 0 Å². The quantitative estimate of drug-likeness (QED) is 0.475. The average Bonchev–Trinajstić information content (AvgIpc) is 2.67. The van der Waals surface area contributed by atoms with E-state index in [1.165, 1.54) is 25.1 Å². The number of sulfonamides is 1. The lowest BCUT2D eigenvalue weighted by Crippen LogP contribution is -2.28. The first-order chi connectivity index (χ1) is 13.7. The van der Waals surface area contributed by atoms with E-state index in [0.29, 0.717) is 11.3 Å². The summed E-state index contributed by atoms with van der Waals surface area (Å²) in [5.41, 5.74) is 1.78. The highest BCUT2D eigenvalue weighted by atomic mass is 32.2. The number of anilines is 1. The van der Waals surface area contributed by atoms with Crippen LogP contribution >= 0.6 is 0 Å². The molecule has 0 spiro atoms. The molecule has 9 heteroatoms. The molecule has 0 aromatic heterocycles. The maximum Gasteiger partial charge on any atom is 0.307 e. The van der Waals surface area contributed by atoms with Crippen LogP contribution in [0.5, 0.6) is 0 Å². The van der Waals surface area contributed by atoms with Gasteiger partial charge < -0.3 is 10.1 Å². The van der Waals surface area contributed by atoms with E-state index < -0.39 is 28.5 Å². The third-order valence-corrected chi connectivity index (χ3v) is 5.35. The first-order valence-electron chi connectivity index (χ1n) is 8.80. The molecule has 0 fully saturated rings. The van der Waals surface area contributed by atoms with Gasteiger partial charge in [0.15, 0.2) is 12.4 Å². The Morgan fingerprint density at radius 2 is 1.72 bits per heavy atom. The average molecular weight is 418 g/mol. The molecule has 0 aliphatic heterocycles. The minimum atomic E-state index is -3.72. The Morgan fingerprint density at radius 3 is 2.38 bits per heavy atom. The minimum absolute atomic E-state index is 0.101. The molecule has 8 nitrogen and oxygen atoms in total. The van der Waals surface area contributed by atoms with E-state index in [1.54, 1.807) is 30.3 Å². The van der Waals surface area contributed by atoms with Gasteiger partial charge in [-0.2, -0.15) is 0 Å². The molecule has 154 valence electrons. The predicted octanol–water partition coefficient (Wildman–Crippen LogP) is 2.05. The third-order valence-electron chi connectivity index (χ3n) is 3.87. The van der Waals surface area contributed by atoms with Crippen molar-refractivity contribution < 1.29 is 27.5 Å². The molecule has 2 aromatic carbocycles. The van der Waals surface area contributed by atoms with Crippen molar-refractivity contribution in [3.63, 3.8) is 0 Å². The Bertz CT molecular complexity index is 1000. The summed E-state index contributed by atoms with van der Waals surface area (Å²) in [6.45, 7) is 2.58. The van der Waals surface area contributed by atoms with E-state index in [9.17, 15) is 22.8 Å². The van der Waals surface area contributed by atoms with Crippen LogP contribution in [0.1, 0.15) is 29.3 Å². The van der Waals surface area contributed by atoms with Gasteiger partial charge in [0.25, 0.3) is 5.91 Å². The van der Waals surface area contributed by atoms with Crippen LogP contribution in [0.2, 0.25) is 0 Å². The first kappa shape index (κ1) is 22.3. The molecule has 0 atom stereocenters. The highest BCUT2D eigenvalue weighted by Crippen LogP contribution is 2.11. The van der Waals surface area contributed by atoms with Crippen LogP contribution in [0.3, 0.4) is 0 Å². The zero-order chi connectivity index (χ0) is 21.4. The van der Waals surface area contributed by atoms with Crippen molar-refractivity contribution in [3.8, 4) is 0 Å². The highest BCUT2D eigenvalue weighted by Gasteiger charge is 2.15. The number of Topliss-reactive ketones (excluding diaryl/α,β-unsaturated/α-hetero) is 1. The Morgan fingerprint density at radius 1 is 1.03 bits per heavy atom. The predicted molar refractivity (Wildman–Crippen MR) is 107 cm³/mol. The summed E-state index contributed by atoms with van der Waals surface area (Å²) in [5, 5.41) is 2.52. The van der Waals surface area contributed by atoms with E-state index in [2.05, 4.69) is 10.0 Å². The van der Waals surface area contributed by atoms with Crippen LogP contribution in [-0.2, 0) is 24.3 Å². The summed E-state index contributed by atoms with van der Waals surface area (Å²) < 4.78 is 31.4. The Hall–Kier alpha value is -3.04.